The minimum Gasteiger partial charge on any atom is -0.396 e. The van der Waals surface area contributed by atoms with E-state index in [9.17, 15) is 4.79 Å². The maximum Gasteiger partial charge on any atom is 0.253 e. The number of carbonyl (C=O) groups excluding carboxylic acids is 1. The van der Waals surface area contributed by atoms with Crippen LogP contribution in [0.25, 0.3) is 28.2 Å². The van der Waals surface area contributed by atoms with Crippen LogP contribution in [-0.4, -0.2) is 69.5 Å². The number of hydrogen-bond donors (Lipinski definition) is 2. The average molecular weight is 510 g/mol. The van der Waals surface area contributed by atoms with E-state index in [0.717, 1.165) is 33.7 Å². The van der Waals surface area contributed by atoms with Gasteiger partial charge in [0.1, 0.15) is 11.3 Å². The summed E-state index contributed by atoms with van der Waals surface area (Å²) in [5.74, 6) is 0.711. The van der Waals surface area contributed by atoms with Gasteiger partial charge in [0, 0.05) is 54.5 Å². The summed E-state index contributed by atoms with van der Waals surface area (Å²) in [6, 6.07) is 9.81. The van der Waals surface area contributed by atoms with E-state index in [1.165, 1.54) is 0 Å². The molecule has 3 aromatic heterocycles. The predicted octanol–water partition coefficient (Wildman–Crippen LogP) is 4.01. The molecular formula is C24H28BrN7O. The predicted molar refractivity (Wildman–Crippen MR) is 136 cm³/mol. The second kappa shape index (κ2) is 8.99. The van der Waals surface area contributed by atoms with Crippen molar-refractivity contribution >= 4 is 38.7 Å². The average Bonchev–Trinajstić information content (AvgIpc) is 3.35. The number of imidazole rings is 1. The van der Waals surface area contributed by atoms with Crippen LogP contribution in [0.1, 0.15) is 21.7 Å². The lowest BCUT2D eigenvalue weighted by Gasteiger charge is -2.20. The van der Waals surface area contributed by atoms with Crippen molar-refractivity contribution in [1.82, 2.24) is 29.3 Å². The van der Waals surface area contributed by atoms with Gasteiger partial charge in [0.25, 0.3) is 5.91 Å². The SMILES string of the molecule is Cc1cc(-c2nc3c(N)c(Br)cnc3[nH]2)c(C)n1-c1cccc(C(=O)N(C)CCN(C)C)c1. The number of hydrogen-bond acceptors (Lipinski definition) is 5. The molecule has 33 heavy (non-hydrogen) atoms. The van der Waals surface area contributed by atoms with E-state index in [4.69, 9.17) is 10.7 Å². The molecule has 0 fully saturated rings. The third kappa shape index (κ3) is 4.38. The van der Waals surface area contributed by atoms with Crippen molar-refractivity contribution in [2.24, 2.45) is 0 Å². The number of aryl methyl sites for hydroxylation is 1. The van der Waals surface area contributed by atoms with Crippen LogP contribution in [0.2, 0.25) is 0 Å². The Kier molecular flexibility index (Phi) is 6.27. The standard InChI is InChI=1S/C24H28BrN7O/c1-14-11-18(22-28-21-20(26)19(25)13-27-23(21)29-22)15(2)32(14)17-8-6-7-16(12-17)24(33)31(5)10-9-30(3)4/h6-8,11-13H,9-10H2,1-5H3,(H3,26,27,28,29). The van der Waals surface area contributed by atoms with Crippen molar-refractivity contribution in [3.8, 4) is 17.1 Å². The number of nitrogens with one attached hydrogen (secondary N) is 1. The number of aromatic amines is 1. The van der Waals surface area contributed by atoms with Crippen molar-refractivity contribution in [3.05, 3.63) is 58.0 Å². The first-order valence-electron chi connectivity index (χ1n) is 10.7. The number of carbonyl (C=O) groups is 1. The maximum atomic E-state index is 13.0. The fourth-order valence-corrected chi connectivity index (χ4v) is 4.22. The largest absolute Gasteiger partial charge is 0.396 e. The molecule has 0 aliphatic rings. The highest BCUT2D eigenvalue weighted by Crippen LogP contribution is 2.32. The van der Waals surface area contributed by atoms with Gasteiger partial charge in [0.15, 0.2) is 5.65 Å². The molecule has 0 bridgehead atoms. The minimum atomic E-state index is 0.00537. The molecule has 0 atom stereocenters. The van der Waals surface area contributed by atoms with Crippen molar-refractivity contribution in [2.75, 3.05) is 40.0 Å². The first kappa shape index (κ1) is 23.0. The fraction of sp³-hybridized carbons (Fsp3) is 0.292. The normalized spacial score (nSPS) is 11.5. The Hall–Kier alpha value is -3.17. The van der Waals surface area contributed by atoms with Gasteiger partial charge >= 0.3 is 0 Å². The van der Waals surface area contributed by atoms with E-state index in [-0.39, 0.29) is 5.91 Å². The van der Waals surface area contributed by atoms with Gasteiger partial charge in [-0.05, 0) is 68.1 Å². The number of benzene rings is 1. The molecule has 0 saturated heterocycles. The third-order valence-corrected chi connectivity index (χ3v) is 6.40. The Bertz CT molecular complexity index is 1340. The number of halogens is 1. The summed E-state index contributed by atoms with van der Waals surface area (Å²) in [6.07, 6.45) is 1.67. The van der Waals surface area contributed by atoms with Crippen molar-refractivity contribution in [2.45, 2.75) is 13.8 Å². The highest BCUT2D eigenvalue weighted by Gasteiger charge is 2.19. The molecule has 0 saturated carbocycles. The lowest BCUT2D eigenvalue weighted by atomic mass is 10.1. The highest BCUT2D eigenvalue weighted by atomic mass is 79.9. The van der Waals surface area contributed by atoms with Crippen LogP contribution >= 0.6 is 15.9 Å². The smallest absolute Gasteiger partial charge is 0.253 e. The van der Waals surface area contributed by atoms with Gasteiger partial charge in [-0.1, -0.05) is 6.07 Å². The lowest BCUT2D eigenvalue weighted by molar-refractivity contribution is 0.0786. The van der Waals surface area contributed by atoms with Gasteiger partial charge in [0.2, 0.25) is 0 Å². The van der Waals surface area contributed by atoms with Crippen LogP contribution in [0.4, 0.5) is 5.69 Å². The molecule has 3 heterocycles. The zero-order chi connectivity index (χ0) is 23.9. The lowest BCUT2D eigenvalue weighted by Crippen LogP contribution is -2.33. The van der Waals surface area contributed by atoms with Crippen LogP contribution in [0, 0.1) is 13.8 Å². The summed E-state index contributed by atoms with van der Waals surface area (Å²) in [5.41, 5.74) is 12.6. The van der Waals surface area contributed by atoms with Gasteiger partial charge in [0.05, 0.1) is 10.2 Å². The molecule has 0 spiro atoms. The minimum absolute atomic E-state index is 0.00537. The van der Waals surface area contributed by atoms with Crippen LogP contribution in [0.15, 0.2) is 41.0 Å². The first-order valence-corrected chi connectivity index (χ1v) is 11.5. The Morgan fingerprint density at radius 1 is 1.18 bits per heavy atom. The molecule has 1 amide bonds. The molecule has 0 unspecified atom stereocenters. The van der Waals surface area contributed by atoms with E-state index in [0.29, 0.717) is 34.8 Å². The third-order valence-electron chi connectivity index (χ3n) is 5.77. The summed E-state index contributed by atoms with van der Waals surface area (Å²) in [7, 11) is 5.83. The number of nitrogens with zero attached hydrogens (tertiary/aromatic N) is 5. The van der Waals surface area contributed by atoms with Crippen molar-refractivity contribution < 1.29 is 4.79 Å². The van der Waals surface area contributed by atoms with Crippen LogP contribution < -0.4 is 5.73 Å². The number of H-pyrrole nitrogens is 1. The van der Waals surface area contributed by atoms with Crippen LogP contribution in [-0.2, 0) is 0 Å². The quantitative estimate of drug-likeness (QED) is 0.409. The second-order valence-corrected chi connectivity index (χ2v) is 9.36. The Balaban J connectivity index is 1.70. The molecule has 1 aromatic carbocycles. The number of aromatic nitrogens is 4. The molecule has 0 aliphatic carbocycles. The number of nitrogens with two attached hydrogens (primary N) is 1. The number of pyridine rings is 1. The van der Waals surface area contributed by atoms with Gasteiger partial charge < -0.3 is 25.1 Å². The molecule has 4 rings (SSSR count). The summed E-state index contributed by atoms with van der Waals surface area (Å²) in [4.78, 5) is 29.1. The fourth-order valence-electron chi connectivity index (χ4n) is 3.93. The summed E-state index contributed by atoms with van der Waals surface area (Å²) in [6.45, 7) is 5.57. The second-order valence-electron chi connectivity index (χ2n) is 8.50. The van der Waals surface area contributed by atoms with Crippen molar-refractivity contribution in [1.29, 1.82) is 0 Å². The van der Waals surface area contributed by atoms with E-state index in [1.54, 1.807) is 11.1 Å². The zero-order valence-electron chi connectivity index (χ0n) is 19.5. The van der Waals surface area contributed by atoms with Gasteiger partial charge in [-0.15, -0.1) is 0 Å². The molecule has 0 radical (unpaired) electrons. The van der Waals surface area contributed by atoms with E-state index >= 15 is 0 Å². The molecule has 172 valence electrons. The topological polar surface area (TPSA) is 96.1 Å². The molecule has 4 aromatic rings. The number of nitrogen functional groups attached to an aromatic ring is 1. The van der Waals surface area contributed by atoms with E-state index < -0.39 is 0 Å². The van der Waals surface area contributed by atoms with Gasteiger partial charge in [-0.3, -0.25) is 4.79 Å². The Labute approximate surface area is 201 Å². The Morgan fingerprint density at radius 3 is 2.67 bits per heavy atom. The molecule has 0 aliphatic heterocycles. The highest BCUT2D eigenvalue weighted by molar-refractivity contribution is 9.10. The van der Waals surface area contributed by atoms with E-state index in [1.807, 2.05) is 59.3 Å². The zero-order valence-corrected chi connectivity index (χ0v) is 21.1. The first-order chi connectivity index (χ1) is 15.7. The van der Waals surface area contributed by atoms with Crippen molar-refractivity contribution in [3.63, 3.8) is 0 Å². The monoisotopic (exact) mass is 509 g/mol. The van der Waals surface area contributed by atoms with Crippen LogP contribution in [0.5, 0.6) is 0 Å². The number of anilines is 1. The maximum absolute atomic E-state index is 13.0. The summed E-state index contributed by atoms with van der Waals surface area (Å²) in [5, 5.41) is 0. The van der Waals surface area contributed by atoms with Gasteiger partial charge in [-0.2, -0.15) is 0 Å². The summed E-state index contributed by atoms with van der Waals surface area (Å²) >= 11 is 3.41. The number of fused-ring (bicyclic) bond motifs is 1. The van der Waals surface area contributed by atoms with Crippen LogP contribution in [0.3, 0.4) is 0 Å². The summed E-state index contributed by atoms with van der Waals surface area (Å²) < 4.78 is 2.85. The number of amides is 1. The van der Waals surface area contributed by atoms with Gasteiger partial charge in [-0.25, -0.2) is 9.97 Å². The Morgan fingerprint density at radius 2 is 1.94 bits per heavy atom. The molecular weight excluding hydrogens is 482 g/mol. The number of likely N-dealkylation sites (N-methyl/N-ethyl adjacent to an activating group) is 2. The molecule has 8 nitrogen and oxygen atoms in total. The molecule has 9 heteroatoms. The van der Waals surface area contributed by atoms with E-state index in [2.05, 4.69) is 41.4 Å². The molecule has 3 N–H and O–H groups in total. The number of rotatable bonds is 6.